The Hall–Kier alpha value is -1.28. The van der Waals surface area contributed by atoms with Crippen LogP contribution in [0.15, 0.2) is 29.8 Å². The lowest BCUT2D eigenvalue weighted by Crippen LogP contribution is -1.97. The molecule has 86 valence electrons. The van der Waals surface area contributed by atoms with Gasteiger partial charge >= 0.3 is 0 Å². The van der Waals surface area contributed by atoms with Gasteiger partial charge in [-0.1, -0.05) is 5.57 Å². The third kappa shape index (κ3) is 3.70. The van der Waals surface area contributed by atoms with E-state index in [9.17, 15) is 4.79 Å². The zero-order valence-corrected chi connectivity index (χ0v) is 10.5. The summed E-state index contributed by atoms with van der Waals surface area (Å²) in [5.41, 5.74) is 2.57. The van der Waals surface area contributed by atoms with Gasteiger partial charge < -0.3 is 4.74 Å². The number of rotatable bonds is 4. The molecule has 0 saturated carbocycles. The molecule has 0 heterocycles. The lowest BCUT2D eigenvalue weighted by molar-refractivity contribution is 0.108. The first kappa shape index (κ1) is 12.8. The van der Waals surface area contributed by atoms with Crippen molar-refractivity contribution in [2.75, 3.05) is 6.61 Å². The molecular weight excluding hydrogens is 224 g/mol. The fourth-order valence-corrected chi connectivity index (χ4v) is 1.46. The maximum atomic E-state index is 11.0. The molecule has 0 spiro atoms. The van der Waals surface area contributed by atoms with E-state index in [1.807, 2.05) is 32.9 Å². The van der Waals surface area contributed by atoms with Gasteiger partial charge in [0.15, 0.2) is 0 Å². The summed E-state index contributed by atoms with van der Waals surface area (Å²) in [5.74, 6) is 0.747. The number of hydrogen-bond donors (Lipinski definition) is 0. The number of benzene rings is 1. The summed E-state index contributed by atoms with van der Waals surface area (Å²) in [6, 6.07) is 5.25. The Morgan fingerprint density at radius 3 is 2.62 bits per heavy atom. The van der Waals surface area contributed by atoms with Crippen molar-refractivity contribution >= 4 is 16.8 Å². The molecule has 0 atom stereocenters. The highest BCUT2D eigenvalue weighted by atomic mass is 35.5. The van der Waals surface area contributed by atoms with Crippen molar-refractivity contribution < 1.29 is 9.53 Å². The van der Waals surface area contributed by atoms with Crippen LogP contribution in [0.1, 0.15) is 29.8 Å². The van der Waals surface area contributed by atoms with E-state index in [1.54, 1.807) is 12.1 Å². The first-order valence-corrected chi connectivity index (χ1v) is 5.45. The highest BCUT2D eigenvalue weighted by Crippen LogP contribution is 2.18. The van der Waals surface area contributed by atoms with Gasteiger partial charge in [0, 0.05) is 5.56 Å². The minimum Gasteiger partial charge on any atom is -0.490 e. The molecule has 16 heavy (non-hydrogen) atoms. The number of halogens is 1. The molecule has 0 saturated heterocycles. The van der Waals surface area contributed by atoms with Crippen molar-refractivity contribution in [3.8, 4) is 5.75 Å². The number of carbonyl (C=O) groups excluding carboxylic acids is 1. The van der Waals surface area contributed by atoms with Gasteiger partial charge in [0.05, 0.1) is 0 Å². The molecule has 1 aromatic carbocycles. The molecule has 1 aromatic rings. The molecule has 3 heteroatoms. The molecule has 0 aromatic heterocycles. The summed E-state index contributed by atoms with van der Waals surface area (Å²) < 4.78 is 5.50. The molecule has 0 aliphatic heterocycles. The van der Waals surface area contributed by atoms with Crippen LogP contribution < -0.4 is 4.74 Å². The first-order valence-electron chi connectivity index (χ1n) is 5.07. The maximum absolute atomic E-state index is 11.0. The predicted octanol–water partition coefficient (Wildman–Crippen LogP) is 3.72. The molecule has 0 aliphatic rings. The fourth-order valence-electron chi connectivity index (χ4n) is 1.25. The lowest BCUT2D eigenvalue weighted by Gasteiger charge is -2.06. The highest BCUT2D eigenvalue weighted by molar-refractivity contribution is 6.67. The van der Waals surface area contributed by atoms with E-state index >= 15 is 0 Å². The molecule has 0 unspecified atom stereocenters. The van der Waals surface area contributed by atoms with Crippen molar-refractivity contribution in [3.63, 3.8) is 0 Å². The van der Waals surface area contributed by atoms with Gasteiger partial charge in [-0.2, -0.15) is 0 Å². The average molecular weight is 239 g/mol. The molecule has 2 nitrogen and oxygen atoms in total. The number of allylic oxidation sites excluding steroid dienone is 1. The van der Waals surface area contributed by atoms with Crippen LogP contribution in [0.2, 0.25) is 0 Å². The van der Waals surface area contributed by atoms with E-state index in [-0.39, 0.29) is 0 Å². The Bertz CT molecular complexity index is 418. The van der Waals surface area contributed by atoms with Crippen LogP contribution in [0, 0.1) is 6.92 Å². The van der Waals surface area contributed by atoms with Crippen molar-refractivity contribution in [2.45, 2.75) is 20.8 Å². The predicted molar refractivity (Wildman–Crippen MR) is 66.3 cm³/mol. The normalized spacial score (nSPS) is 9.75. The van der Waals surface area contributed by atoms with Crippen LogP contribution in [0.4, 0.5) is 0 Å². The highest BCUT2D eigenvalue weighted by Gasteiger charge is 2.06. The topological polar surface area (TPSA) is 26.3 Å². The smallest absolute Gasteiger partial charge is 0.252 e. The minimum atomic E-state index is -0.437. The second-order valence-corrected chi connectivity index (χ2v) is 4.19. The zero-order chi connectivity index (χ0) is 12.1. The number of aryl methyl sites for hydroxylation is 1. The van der Waals surface area contributed by atoms with E-state index in [0.717, 1.165) is 11.3 Å². The zero-order valence-electron chi connectivity index (χ0n) is 9.71. The largest absolute Gasteiger partial charge is 0.490 e. The van der Waals surface area contributed by atoms with E-state index < -0.39 is 5.24 Å². The first-order chi connectivity index (χ1) is 7.50. The van der Waals surface area contributed by atoms with Crippen LogP contribution in [-0.2, 0) is 0 Å². The van der Waals surface area contributed by atoms with Gasteiger partial charge in [-0.25, -0.2) is 0 Å². The van der Waals surface area contributed by atoms with Crippen molar-refractivity contribution in [2.24, 2.45) is 0 Å². The molecule has 0 bridgehead atoms. The van der Waals surface area contributed by atoms with E-state index in [2.05, 4.69) is 0 Å². The van der Waals surface area contributed by atoms with Crippen molar-refractivity contribution in [1.82, 2.24) is 0 Å². The summed E-state index contributed by atoms with van der Waals surface area (Å²) in [4.78, 5) is 11.0. The SMILES string of the molecule is CC(C)=CCOc1ccc(C(=O)Cl)c(C)c1. The Morgan fingerprint density at radius 2 is 2.12 bits per heavy atom. The van der Waals surface area contributed by atoms with Gasteiger partial charge in [-0.3, -0.25) is 4.79 Å². The third-order valence-electron chi connectivity index (χ3n) is 2.15. The summed E-state index contributed by atoms with van der Waals surface area (Å²) in [7, 11) is 0. The summed E-state index contributed by atoms with van der Waals surface area (Å²) in [5, 5.41) is -0.437. The Balaban J connectivity index is 2.74. The van der Waals surface area contributed by atoms with E-state index in [0.29, 0.717) is 12.2 Å². The Morgan fingerprint density at radius 1 is 1.44 bits per heavy atom. The molecule has 1 rings (SSSR count). The summed E-state index contributed by atoms with van der Waals surface area (Å²) in [6.07, 6.45) is 2.00. The second kappa shape index (κ2) is 5.71. The fraction of sp³-hybridized carbons (Fsp3) is 0.308. The molecular formula is C13H15ClO2. The monoisotopic (exact) mass is 238 g/mol. The number of hydrogen-bond acceptors (Lipinski definition) is 2. The quantitative estimate of drug-likeness (QED) is 0.590. The molecule has 0 aliphatic carbocycles. The summed E-state index contributed by atoms with van der Waals surface area (Å²) in [6.45, 7) is 6.41. The second-order valence-electron chi connectivity index (χ2n) is 3.84. The molecule has 0 radical (unpaired) electrons. The van der Waals surface area contributed by atoms with Crippen molar-refractivity contribution in [3.05, 3.63) is 41.0 Å². The van der Waals surface area contributed by atoms with E-state index in [4.69, 9.17) is 16.3 Å². The molecule has 0 fully saturated rings. The van der Waals surface area contributed by atoms with Crippen LogP contribution in [-0.4, -0.2) is 11.8 Å². The number of ether oxygens (including phenoxy) is 1. The molecule has 0 amide bonds. The minimum absolute atomic E-state index is 0.437. The Kier molecular flexibility index (Phi) is 4.56. The van der Waals surface area contributed by atoms with Gasteiger partial charge in [0.25, 0.3) is 5.24 Å². The van der Waals surface area contributed by atoms with Gasteiger partial charge in [-0.15, -0.1) is 0 Å². The average Bonchev–Trinajstić information content (AvgIpc) is 2.16. The maximum Gasteiger partial charge on any atom is 0.252 e. The third-order valence-corrected chi connectivity index (χ3v) is 2.35. The van der Waals surface area contributed by atoms with E-state index in [1.165, 1.54) is 5.57 Å². The van der Waals surface area contributed by atoms with Crippen LogP contribution in [0.3, 0.4) is 0 Å². The van der Waals surface area contributed by atoms with Crippen molar-refractivity contribution in [1.29, 1.82) is 0 Å². The van der Waals surface area contributed by atoms with Gasteiger partial charge in [0.1, 0.15) is 12.4 Å². The standard InChI is InChI=1S/C13H15ClO2/c1-9(2)6-7-16-11-4-5-12(13(14)15)10(3)8-11/h4-6,8H,7H2,1-3H3. The van der Waals surface area contributed by atoms with Crippen LogP contribution in [0.5, 0.6) is 5.75 Å². The van der Waals surface area contributed by atoms with Crippen LogP contribution >= 0.6 is 11.6 Å². The van der Waals surface area contributed by atoms with Crippen LogP contribution in [0.25, 0.3) is 0 Å². The molecule has 0 N–H and O–H groups in total. The number of carbonyl (C=O) groups is 1. The van der Waals surface area contributed by atoms with Gasteiger partial charge in [-0.05, 0) is 62.2 Å². The Labute approximate surface area is 101 Å². The summed E-state index contributed by atoms with van der Waals surface area (Å²) >= 11 is 5.42. The van der Waals surface area contributed by atoms with Gasteiger partial charge in [0.2, 0.25) is 0 Å². The lowest BCUT2D eigenvalue weighted by atomic mass is 10.1.